The predicted molar refractivity (Wildman–Crippen MR) is 113 cm³/mol. The lowest BCUT2D eigenvalue weighted by molar-refractivity contribution is 0.681. The zero-order valence-corrected chi connectivity index (χ0v) is 18.0. The zero-order chi connectivity index (χ0) is 16.7. The number of aromatic nitrogens is 1. The molecule has 24 heavy (non-hydrogen) atoms. The number of nitrogens with one attached hydrogen (secondary N) is 2. The molecule has 0 spiro atoms. The second-order valence-electron chi connectivity index (χ2n) is 4.96. The van der Waals surface area contributed by atoms with Gasteiger partial charge in [-0.25, -0.2) is 4.98 Å². The molecule has 2 aromatic rings. The lowest BCUT2D eigenvalue weighted by Crippen LogP contribution is -2.38. The van der Waals surface area contributed by atoms with Gasteiger partial charge >= 0.3 is 0 Å². The third-order valence-electron chi connectivity index (χ3n) is 3.23. The first kappa shape index (κ1) is 21.0. The number of hydrogen-bond acceptors (Lipinski definition) is 4. The Morgan fingerprint density at radius 3 is 2.54 bits per heavy atom. The highest BCUT2D eigenvalue weighted by Crippen LogP contribution is 2.16. The van der Waals surface area contributed by atoms with Gasteiger partial charge in [-0.1, -0.05) is 18.2 Å². The molecule has 1 heterocycles. The SMILES string of the molecule is CN=C(NCCS(=O)c1ccccc1)NCc1sc(C)nc1C.I. The molecule has 1 aromatic heterocycles. The average Bonchev–Trinajstić information content (AvgIpc) is 2.89. The molecule has 8 heteroatoms. The van der Waals surface area contributed by atoms with Gasteiger partial charge in [0.1, 0.15) is 0 Å². The molecule has 0 fully saturated rings. The number of hydrogen-bond donors (Lipinski definition) is 2. The lowest BCUT2D eigenvalue weighted by Gasteiger charge is -2.11. The Hall–Kier alpha value is -1.00. The van der Waals surface area contributed by atoms with E-state index in [2.05, 4.69) is 20.6 Å². The summed E-state index contributed by atoms with van der Waals surface area (Å²) < 4.78 is 12.1. The summed E-state index contributed by atoms with van der Waals surface area (Å²) in [5, 5.41) is 7.53. The van der Waals surface area contributed by atoms with Crippen LogP contribution in [0, 0.1) is 13.8 Å². The topological polar surface area (TPSA) is 66.4 Å². The maximum Gasteiger partial charge on any atom is 0.191 e. The molecule has 2 N–H and O–H groups in total. The Morgan fingerprint density at radius 2 is 1.96 bits per heavy atom. The fourth-order valence-electron chi connectivity index (χ4n) is 2.07. The van der Waals surface area contributed by atoms with Crippen LogP contribution in [-0.4, -0.2) is 34.5 Å². The lowest BCUT2D eigenvalue weighted by atomic mass is 10.4. The van der Waals surface area contributed by atoms with Crippen LogP contribution in [0.15, 0.2) is 40.2 Å². The van der Waals surface area contributed by atoms with Gasteiger partial charge in [0, 0.05) is 29.1 Å². The quantitative estimate of drug-likeness (QED) is 0.381. The Balaban J connectivity index is 0.00000288. The van der Waals surface area contributed by atoms with Gasteiger partial charge in [-0.3, -0.25) is 9.20 Å². The van der Waals surface area contributed by atoms with Gasteiger partial charge in [0.15, 0.2) is 5.96 Å². The number of aryl methyl sites for hydroxylation is 2. The van der Waals surface area contributed by atoms with Crippen LogP contribution in [0.5, 0.6) is 0 Å². The smallest absolute Gasteiger partial charge is 0.191 e. The van der Waals surface area contributed by atoms with E-state index in [1.54, 1.807) is 18.4 Å². The van der Waals surface area contributed by atoms with Gasteiger partial charge < -0.3 is 10.6 Å². The van der Waals surface area contributed by atoms with Crippen LogP contribution in [-0.2, 0) is 17.3 Å². The second-order valence-corrected chi connectivity index (χ2v) is 7.82. The van der Waals surface area contributed by atoms with E-state index in [-0.39, 0.29) is 24.0 Å². The van der Waals surface area contributed by atoms with Gasteiger partial charge in [0.05, 0.1) is 28.0 Å². The molecule has 0 aliphatic heterocycles. The normalized spacial score (nSPS) is 12.4. The van der Waals surface area contributed by atoms with Crippen LogP contribution < -0.4 is 10.6 Å². The van der Waals surface area contributed by atoms with E-state index < -0.39 is 10.8 Å². The summed E-state index contributed by atoms with van der Waals surface area (Å²) in [6.07, 6.45) is 0. The van der Waals surface area contributed by atoms with Crippen molar-refractivity contribution in [2.75, 3.05) is 19.3 Å². The van der Waals surface area contributed by atoms with Crippen molar-refractivity contribution in [1.29, 1.82) is 0 Å². The highest BCUT2D eigenvalue weighted by molar-refractivity contribution is 14.0. The Morgan fingerprint density at radius 1 is 1.25 bits per heavy atom. The molecule has 2 rings (SSSR count). The molecule has 0 aliphatic rings. The first-order valence-electron chi connectivity index (χ1n) is 7.41. The Bertz CT molecular complexity index is 689. The number of guanidine groups is 1. The number of halogens is 1. The van der Waals surface area contributed by atoms with E-state index in [0.29, 0.717) is 24.8 Å². The van der Waals surface area contributed by atoms with Crippen molar-refractivity contribution in [3.63, 3.8) is 0 Å². The van der Waals surface area contributed by atoms with Gasteiger partial charge in [-0.2, -0.15) is 0 Å². The molecule has 0 saturated heterocycles. The van der Waals surface area contributed by atoms with Crippen LogP contribution in [0.1, 0.15) is 15.6 Å². The molecule has 132 valence electrons. The highest BCUT2D eigenvalue weighted by atomic mass is 127. The largest absolute Gasteiger partial charge is 0.355 e. The third kappa shape index (κ3) is 6.48. The first-order valence-corrected chi connectivity index (χ1v) is 9.54. The maximum absolute atomic E-state index is 12.1. The number of benzene rings is 1. The van der Waals surface area contributed by atoms with E-state index in [0.717, 1.165) is 15.6 Å². The summed E-state index contributed by atoms with van der Waals surface area (Å²) >= 11 is 1.69. The monoisotopic (exact) mass is 478 g/mol. The minimum Gasteiger partial charge on any atom is -0.355 e. The minimum absolute atomic E-state index is 0. The molecule has 0 bridgehead atoms. The van der Waals surface area contributed by atoms with Crippen LogP contribution >= 0.6 is 35.3 Å². The van der Waals surface area contributed by atoms with Gasteiger partial charge in [0.25, 0.3) is 0 Å². The van der Waals surface area contributed by atoms with Crippen molar-refractivity contribution in [2.45, 2.75) is 25.3 Å². The summed E-state index contributed by atoms with van der Waals surface area (Å²) in [6, 6.07) is 9.51. The van der Waals surface area contributed by atoms with Crippen molar-refractivity contribution in [1.82, 2.24) is 15.6 Å². The van der Waals surface area contributed by atoms with Crippen molar-refractivity contribution < 1.29 is 4.21 Å². The summed E-state index contributed by atoms with van der Waals surface area (Å²) in [5.74, 6) is 1.25. The second kappa shape index (κ2) is 10.8. The summed E-state index contributed by atoms with van der Waals surface area (Å²) in [4.78, 5) is 10.7. The average molecular weight is 478 g/mol. The van der Waals surface area contributed by atoms with E-state index in [1.165, 1.54) is 4.88 Å². The Kier molecular flexibility index (Phi) is 9.45. The number of aliphatic imine (C=N–C) groups is 1. The maximum atomic E-state index is 12.1. The highest BCUT2D eigenvalue weighted by Gasteiger charge is 2.07. The van der Waals surface area contributed by atoms with Crippen molar-refractivity contribution in [3.8, 4) is 0 Å². The van der Waals surface area contributed by atoms with Crippen molar-refractivity contribution in [2.24, 2.45) is 4.99 Å². The van der Waals surface area contributed by atoms with E-state index in [1.807, 2.05) is 44.2 Å². The standard InChI is InChI=1S/C16H22N4OS2.HI/c1-12-15(22-13(2)20-12)11-19-16(17-3)18-9-10-23(21)14-7-5-4-6-8-14;/h4-8H,9-11H2,1-3H3,(H2,17,18,19);1H. The molecule has 0 amide bonds. The number of nitrogens with zero attached hydrogens (tertiary/aromatic N) is 2. The number of thiazole rings is 1. The summed E-state index contributed by atoms with van der Waals surface area (Å²) in [6.45, 7) is 5.31. The molecule has 0 saturated carbocycles. The predicted octanol–water partition coefficient (Wildman–Crippen LogP) is 2.85. The fraction of sp³-hybridized carbons (Fsp3) is 0.375. The van der Waals surface area contributed by atoms with E-state index >= 15 is 0 Å². The van der Waals surface area contributed by atoms with Crippen LogP contribution in [0.25, 0.3) is 0 Å². The Labute approximate surface area is 166 Å². The van der Waals surface area contributed by atoms with Crippen molar-refractivity contribution >= 4 is 52.1 Å². The summed E-state index contributed by atoms with van der Waals surface area (Å²) in [5.41, 5.74) is 1.06. The van der Waals surface area contributed by atoms with Gasteiger partial charge in [-0.15, -0.1) is 35.3 Å². The van der Waals surface area contributed by atoms with Gasteiger partial charge in [0.2, 0.25) is 0 Å². The van der Waals surface area contributed by atoms with E-state index in [9.17, 15) is 4.21 Å². The van der Waals surface area contributed by atoms with E-state index in [4.69, 9.17) is 0 Å². The fourth-order valence-corrected chi connectivity index (χ4v) is 3.94. The molecule has 0 aliphatic carbocycles. The molecular formula is C16H23IN4OS2. The minimum atomic E-state index is -0.995. The van der Waals surface area contributed by atoms with Crippen molar-refractivity contribution in [3.05, 3.63) is 45.9 Å². The summed E-state index contributed by atoms with van der Waals surface area (Å²) in [7, 11) is 0.735. The molecule has 1 aromatic carbocycles. The van der Waals surface area contributed by atoms with Crippen LogP contribution in [0.2, 0.25) is 0 Å². The molecular weight excluding hydrogens is 455 g/mol. The number of rotatable bonds is 6. The first-order chi connectivity index (χ1) is 11.1. The molecule has 5 nitrogen and oxygen atoms in total. The van der Waals surface area contributed by atoms with Crippen LogP contribution in [0.4, 0.5) is 0 Å². The van der Waals surface area contributed by atoms with Crippen LogP contribution in [0.3, 0.4) is 0 Å². The molecule has 1 atom stereocenters. The van der Waals surface area contributed by atoms with Gasteiger partial charge in [-0.05, 0) is 26.0 Å². The third-order valence-corrected chi connectivity index (χ3v) is 5.67. The zero-order valence-electron chi connectivity index (χ0n) is 14.0. The molecule has 0 radical (unpaired) electrons. The molecule has 1 unspecified atom stereocenters.